The summed E-state index contributed by atoms with van der Waals surface area (Å²) in [6.07, 6.45) is 2.62. The number of nitrogens with zero attached hydrogens (tertiary/aromatic N) is 5. The molecule has 0 radical (unpaired) electrons. The maximum Gasteiger partial charge on any atom is 0.272 e. The van der Waals surface area contributed by atoms with Gasteiger partial charge >= 0.3 is 0 Å². The molecule has 0 spiro atoms. The molecule has 5 rings (SSSR count). The Hall–Kier alpha value is -2.95. The number of aromatic nitrogens is 1. The van der Waals surface area contributed by atoms with Gasteiger partial charge in [0.1, 0.15) is 11.8 Å². The molecule has 1 aromatic heterocycles. The summed E-state index contributed by atoms with van der Waals surface area (Å²) in [4.78, 5) is 19.4. The van der Waals surface area contributed by atoms with E-state index in [9.17, 15) is 9.90 Å². The molecule has 2 atom stereocenters. The van der Waals surface area contributed by atoms with Crippen LogP contribution in [-0.4, -0.2) is 51.8 Å². The maximum atomic E-state index is 12.9. The number of rotatable bonds is 2. The van der Waals surface area contributed by atoms with Crippen LogP contribution in [0, 0.1) is 17.2 Å². The highest BCUT2D eigenvalue weighted by Gasteiger charge is 2.39. The Balaban J connectivity index is 1.43. The van der Waals surface area contributed by atoms with E-state index in [1.165, 1.54) is 0 Å². The van der Waals surface area contributed by atoms with Crippen LogP contribution in [0.3, 0.4) is 0 Å². The Morgan fingerprint density at radius 2 is 2.00 bits per heavy atom. The van der Waals surface area contributed by atoms with E-state index in [1.807, 2.05) is 17.1 Å². The van der Waals surface area contributed by atoms with E-state index in [1.54, 1.807) is 23.1 Å². The van der Waals surface area contributed by atoms with Gasteiger partial charge in [-0.15, -0.1) is 0 Å². The normalized spacial score (nSPS) is 22.8. The number of benzene rings is 1. The minimum absolute atomic E-state index is 0.0718. The zero-order valence-corrected chi connectivity index (χ0v) is 18.6. The Bertz CT molecular complexity index is 1150. The summed E-state index contributed by atoms with van der Waals surface area (Å²) >= 11 is 6.25. The first-order chi connectivity index (χ1) is 15.5. The summed E-state index contributed by atoms with van der Waals surface area (Å²) in [6.45, 7) is 3.27. The van der Waals surface area contributed by atoms with E-state index in [4.69, 9.17) is 26.9 Å². The number of hydrazone groups is 1. The number of piperidine rings is 1. The molecule has 1 fully saturated rings. The van der Waals surface area contributed by atoms with Crippen LogP contribution < -0.4 is 5.01 Å². The van der Waals surface area contributed by atoms with Crippen molar-refractivity contribution in [2.75, 3.05) is 18.1 Å². The number of aryl methyl sites for hydroxylation is 1. The molecule has 32 heavy (non-hydrogen) atoms. The SMILES string of the molecule is C[C@@H]1[C@@H]2CCc3nc(C(=O)N4CCC(O)CC4)ccc3C2=NN1c1ccc(C#N)c(Cl)c1. The van der Waals surface area contributed by atoms with Crippen molar-refractivity contribution in [2.24, 2.45) is 11.0 Å². The number of aliphatic hydroxyl groups is 1. The largest absolute Gasteiger partial charge is 0.393 e. The number of anilines is 1. The van der Waals surface area contributed by atoms with Gasteiger partial charge in [0.05, 0.1) is 39.8 Å². The molecule has 1 amide bonds. The standard InChI is InChI=1S/C24H24ClN5O2/c1-14-18-4-6-21-19(5-7-22(27-21)24(32)29-10-8-17(31)9-11-29)23(18)28-30(14)16-3-2-15(13-26)20(25)12-16/h2-3,5,7,12,14,17-18,31H,4,6,8-11H2,1H3/t14-,18+/m1/s1. The fraction of sp³-hybridized carbons (Fsp3) is 0.417. The molecular formula is C24H24ClN5O2. The molecule has 0 unspecified atom stereocenters. The summed E-state index contributed by atoms with van der Waals surface area (Å²) in [7, 11) is 0. The van der Waals surface area contributed by atoms with Crippen LogP contribution in [0.2, 0.25) is 5.02 Å². The van der Waals surface area contributed by atoms with Gasteiger partial charge in [0, 0.05) is 24.6 Å². The van der Waals surface area contributed by atoms with Gasteiger partial charge < -0.3 is 10.0 Å². The minimum atomic E-state index is -0.316. The van der Waals surface area contributed by atoms with Crippen molar-refractivity contribution in [1.82, 2.24) is 9.88 Å². The third-order valence-corrected chi connectivity index (χ3v) is 7.10. The molecular weight excluding hydrogens is 426 g/mol. The number of fused-ring (bicyclic) bond motifs is 3. The molecule has 0 saturated carbocycles. The molecule has 1 saturated heterocycles. The van der Waals surface area contributed by atoms with Gasteiger partial charge in [0.2, 0.25) is 0 Å². The van der Waals surface area contributed by atoms with Crippen molar-refractivity contribution < 1.29 is 9.90 Å². The van der Waals surface area contributed by atoms with Gasteiger partial charge in [-0.05, 0) is 62.9 Å². The van der Waals surface area contributed by atoms with Crippen LogP contribution in [0.15, 0.2) is 35.4 Å². The topological polar surface area (TPSA) is 92.8 Å². The predicted molar refractivity (Wildman–Crippen MR) is 122 cm³/mol. The van der Waals surface area contributed by atoms with E-state index < -0.39 is 0 Å². The average Bonchev–Trinajstić information content (AvgIpc) is 3.15. The van der Waals surface area contributed by atoms with Gasteiger partial charge in [-0.25, -0.2) is 4.98 Å². The predicted octanol–water partition coefficient (Wildman–Crippen LogP) is 3.38. The molecule has 8 heteroatoms. The summed E-state index contributed by atoms with van der Waals surface area (Å²) in [5, 5.41) is 26.1. The number of pyridine rings is 1. The molecule has 0 bridgehead atoms. The summed E-state index contributed by atoms with van der Waals surface area (Å²) in [5.41, 5.74) is 4.67. The number of hydrogen-bond donors (Lipinski definition) is 1. The first-order valence-corrected chi connectivity index (χ1v) is 11.4. The molecule has 1 N–H and O–H groups in total. The fourth-order valence-corrected chi connectivity index (χ4v) is 5.13. The van der Waals surface area contributed by atoms with Crippen LogP contribution >= 0.6 is 11.6 Å². The van der Waals surface area contributed by atoms with E-state index in [0.717, 1.165) is 35.5 Å². The Morgan fingerprint density at radius 3 is 2.72 bits per heavy atom. The maximum absolute atomic E-state index is 12.9. The molecule has 7 nitrogen and oxygen atoms in total. The van der Waals surface area contributed by atoms with Crippen molar-refractivity contribution >= 4 is 28.9 Å². The second kappa shape index (κ2) is 8.19. The van der Waals surface area contributed by atoms with E-state index in [-0.39, 0.29) is 24.0 Å². The molecule has 2 aromatic rings. The zero-order valence-electron chi connectivity index (χ0n) is 17.8. The highest BCUT2D eigenvalue weighted by atomic mass is 35.5. The van der Waals surface area contributed by atoms with E-state index in [2.05, 4.69) is 13.0 Å². The van der Waals surface area contributed by atoms with Crippen LogP contribution in [0.4, 0.5) is 5.69 Å². The number of carbonyl (C=O) groups excluding carboxylic acids is 1. The van der Waals surface area contributed by atoms with Gasteiger partial charge in [-0.3, -0.25) is 9.80 Å². The third kappa shape index (κ3) is 3.54. The van der Waals surface area contributed by atoms with E-state index in [0.29, 0.717) is 42.2 Å². The summed E-state index contributed by atoms with van der Waals surface area (Å²) < 4.78 is 0. The number of amides is 1. The Kier molecular flexibility index (Phi) is 5.36. The molecule has 2 aliphatic heterocycles. The molecule has 3 heterocycles. The lowest BCUT2D eigenvalue weighted by Gasteiger charge is -2.30. The molecule has 1 aromatic carbocycles. The highest BCUT2D eigenvalue weighted by molar-refractivity contribution is 6.32. The Morgan fingerprint density at radius 1 is 1.22 bits per heavy atom. The monoisotopic (exact) mass is 449 g/mol. The lowest BCUT2D eigenvalue weighted by atomic mass is 9.81. The molecule has 1 aliphatic carbocycles. The number of carbonyl (C=O) groups is 1. The minimum Gasteiger partial charge on any atom is -0.393 e. The van der Waals surface area contributed by atoms with Gasteiger partial charge in [-0.1, -0.05) is 11.6 Å². The van der Waals surface area contributed by atoms with Crippen molar-refractivity contribution in [3.05, 3.63) is 57.9 Å². The quantitative estimate of drug-likeness (QED) is 0.758. The first-order valence-electron chi connectivity index (χ1n) is 11.0. The first kappa shape index (κ1) is 20.9. The lowest BCUT2D eigenvalue weighted by molar-refractivity contribution is 0.0541. The summed E-state index contributed by atoms with van der Waals surface area (Å²) in [5.74, 6) is 0.196. The van der Waals surface area contributed by atoms with Crippen LogP contribution in [0.25, 0.3) is 0 Å². The Labute approximate surface area is 191 Å². The van der Waals surface area contributed by atoms with Crippen molar-refractivity contribution in [3.8, 4) is 6.07 Å². The van der Waals surface area contributed by atoms with Gasteiger partial charge in [0.15, 0.2) is 0 Å². The average molecular weight is 450 g/mol. The highest BCUT2D eigenvalue weighted by Crippen LogP contribution is 2.38. The molecule has 3 aliphatic rings. The zero-order chi connectivity index (χ0) is 22.4. The van der Waals surface area contributed by atoms with Crippen LogP contribution in [0.5, 0.6) is 0 Å². The third-order valence-electron chi connectivity index (χ3n) is 6.79. The summed E-state index contributed by atoms with van der Waals surface area (Å²) in [6, 6.07) is 11.4. The number of likely N-dealkylation sites (tertiary alicyclic amines) is 1. The van der Waals surface area contributed by atoms with Crippen LogP contribution in [-0.2, 0) is 6.42 Å². The van der Waals surface area contributed by atoms with Gasteiger partial charge in [0.25, 0.3) is 5.91 Å². The number of hydrogen-bond acceptors (Lipinski definition) is 6. The van der Waals surface area contributed by atoms with Gasteiger partial charge in [-0.2, -0.15) is 10.4 Å². The second-order valence-corrected chi connectivity index (χ2v) is 9.11. The number of nitriles is 1. The smallest absolute Gasteiger partial charge is 0.272 e. The second-order valence-electron chi connectivity index (χ2n) is 8.71. The number of aliphatic hydroxyl groups excluding tert-OH is 1. The number of halogens is 1. The van der Waals surface area contributed by atoms with Crippen molar-refractivity contribution in [3.63, 3.8) is 0 Å². The fourth-order valence-electron chi connectivity index (χ4n) is 4.91. The van der Waals surface area contributed by atoms with E-state index >= 15 is 0 Å². The van der Waals surface area contributed by atoms with Crippen molar-refractivity contribution in [1.29, 1.82) is 5.26 Å². The molecule has 164 valence electrons. The lowest BCUT2D eigenvalue weighted by Crippen LogP contribution is -2.40. The van der Waals surface area contributed by atoms with Crippen LogP contribution in [0.1, 0.15) is 53.5 Å². The van der Waals surface area contributed by atoms with Crippen molar-refractivity contribution in [2.45, 2.75) is 44.8 Å².